The number of aliphatic imine (C=N–C) groups is 1. The molecule has 0 spiro atoms. The maximum atomic E-state index is 12.4. The van der Waals surface area contributed by atoms with Gasteiger partial charge in [0, 0.05) is 19.6 Å². The van der Waals surface area contributed by atoms with Gasteiger partial charge in [-0.1, -0.05) is 18.2 Å². The van der Waals surface area contributed by atoms with Crippen LogP contribution in [0.4, 0.5) is 0 Å². The second kappa shape index (κ2) is 9.24. The fourth-order valence-corrected chi connectivity index (χ4v) is 3.77. The van der Waals surface area contributed by atoms with Crippen molar-refractivity contribution in [3.63, 3.8) is 0 Å². The zero-order chi connectivity index (χ0) is 16.0. The molecule has 1 fully saturated rings. The van der Waals surface area contributed by atoms with Crippen LogP contribution >= 0.6 is 24.0 Å². The van der Waals surface area contributed by atoms with Crippen LogP contribution in [-0.2, 0) is 16.6 Å². The minimum absolute atomic E-state index is 0. The fourth-order valence-electron chi connectivity index (χ4n) is 2.25. The van der Waals surface area contributed by atoms with Gasteiger partial charge in [-0.25, -0.2) is 13.4 Å². The summed E-state index contributed by atoms with van der Waals surface area (Å²) >= 11 is 0. The first-order valence-corrected chi connectivity index (χ1v) is 8.72. The molecule has 0 radical (unpaired) electrons. The van der Waals surface area contributed by atoms with Crippen LogP contribution in [-0.4, -0.2) is 38.3 Å². The molecule has 1 aliphatic heterocycles. The predicted octanol–water partition coefficient (Wildman–Crippen LogP) is 1.68. The smallest absolute Gasteiger partial charge is 0.243 e. The monoisotopic (exact) mass is 450 g/mol. The zero-order valence-corrected chi connectivity index (χ0v) is 16.1. The number of hydrogen-bond acceptors (Lipinski definition) is 3. The molecule has 0 aromatic heterocycles. The van der Waals surface area contributed by atoms with Crippen molar-refractivity contribution < 1.29 is 8.42 Å². The Kier molecular flexibility index (Phi) is 8.00. The highest BCUT2D eigenvalue weighted by atomic mass is 127. The number of benzene rings is 1. The van der Waals surface area contributed by atoms with Crippen LogP contribution in [0.5, 0.6) is 0 Å². The van der Waals surface area contributed by atoms with Crippen LogP contribution in [0.2, 0.25) is 0 Å². The highest BCUT2D eigenvalue weighted by molar-refractivity contribution is 14.0. The predicted molar refractivity (Wildman–Crippen MR) is 103 cm³/mol. The van der Waals surface area contributed by atoms with Gasteiger partial charge >= 0.3 is 0 Å². The van der Waals surface area contributed by atoms with E-state index >= 15 is 0 Å². The van der Waals surface area contributed by atoms with Crippen molar-refractivity contribution in [2.45, 2.75) is 24.3 Å². The molecule has 1 aromatic rings. The number of nitrogens with one attached hydrogen (secondary N) is 1. The van der Waals surface area contributed by atoms with Gasteiger partial charge in [-0.3, -0.25) is 0 Å². The van der Waals surface area contributed by atoms with E-state index < -0.39 is 10.0 Å². The van der Waals surface area contributed by atoms with Gasteiger partial charge in [0.05, 0.1) is 11.4 Å². The Morgan fingerprint density at radius 3 is 2.48 bits per heavy atom. The lowest BCUT2D eigenvalue weighted by Crippen LogP contribution is -2.31. The average molecular weight is 450 g/mol. The molecule has 8 heteroatoms. The Morgan fingerprint density at radius 1 is 1.30 bits per heavy atom. The van der Waals surface area contributed by atoms with E-state index in [0.717, 1.165) is 18.4 Å². The molecular formula is C15H23IN4O2S. The summed E-state index contributed by atoms with van der Waals surface area (Å²) < 4.78 is 26.3. The second-order valence-corrected chi connectivity index (χ2v) is 7.06. The zero-order valence-electron chi connectivity index (χ0n) is 12.9. The standard InChI is InChI=1S/C15H22N4O2S.HI/c1-2-9-17-15(16)18-12-13-5-7-14(8-6-13)22(20,21)19-10-3-4-11-19;/h2,5-8H,1,3-4,9-12H2,(H3,16,17,18);1H. The molecule has 1 saturated heterocycles. The quantitative estimate of drug-likeness (QED) is 0.299. The van der Waals surface area contributed by atoms with Crippen molar-refractivity contribution in [3.8, 4) is 0 Å². The van der Waals surface area contributed by atoms with Crippen LogP contribution in [0.15, 0.2) is 46.8 Å². The Morgan fingerprint density at radius 2 is 1.91 bits per heavy atom. The number of nitrogens with zero attached hydrogens (tertiary/aromatic N) is 2. The summed E-state index contributed by atoms with van der Waals surface area (Å²) in [6.45, 7) is 5.76. The Balaban J connectivity index is 0.00000264. The van der Waals surface area contributed by atoms with E-state index in [9.17, 15) is 8.42 Å². The molecule has 0 bridgehead atoms. The van der Waals surface area contributed by atoms with E-state index in [-0.39, 0.29) is 24.0 Å². The number of nitrogens with two attached hydrogens (primary N) is 1. The van der Waals surface area contributed by atoms with Crippen LogP contribution in [0, 0.1) is 0 Å². The first kappa shape index (κ1) is 19.9. The summed E-state index contributed by atoms with van der Waals surface area (Å²) in [5.41, 5.74) is 6.58. The first-order valence-electron chi connectivity index (χ1n) is 7.28. The molecule has 0 unspecified atom stereocenters. The lowest BCUT2D eigenvalue weighted by atomic mass is 10.2. The maximum Gasteiger partial charge on any atom is 0.243 e. The summed E-state index contributed by atoms with van der Waals surface area (Å²) in [6.07, 6.45) is 3.56. The molecule has 0 amide bonds. The Labute approximate surface area is 154 Å². The second-order valence-electron chi connectivity index (χ2n) is 5.13. The van der Waals surface area contributed by atoms with Gasteiger partial charge in [-0.2, -0.15) is 4.31 Å². The highest BCUT2D eigenvalue weighted by Gasteiger charge is 2.26. The van der Waals surface area contributed by atoms with Crippen molar-refractivity contribution >= 4 is 40.0 Å². The van der Waals surface area contributed by atoms with Crippen LogP contribution in [0.25, 0.3) is 0 Å². The Bertz CT molecular complexity index is 638. The summed E-state index contributed by atoms with van der Waals surface area (Å²) in [4.78, 5) is 4.51. The third-order valence-electron chi connectivity index (χ3n) is 3.49. The third-order valence-corrected chi connectivity index (χ3v) is 5.40. The number of sulfonamides is 1. The van der Waals surface area contributed by atoms with Gasteiger partial charge in [0.1, 0.15) is 0 Å². The van der Waals surface area contributed by atoms with Crippen LogP contribution < -0.4 is 11.1 Å². The highest BCUT2D eigenvalue weighted by Crippen LogP contribution is 2.21. The molecule has 2 rings (SSSR count). The van der Waals surface area contributed by atoms with Crippen molar-refractivity contribution in [2.75, 3.05) is 19.6 Å². The van der Waals surface area contributed by atoms with E-state index in [1.54, 1.807) is 30.3 Å². The lowest BCUT2D eigenvalue weighted by molar-refractivity contribution is 0.477. The number of rotatable bonds is 6. The SMILES string of the molecule is C=CCNC(N)=NCc1ccc(S(=O)(=O)N2CCCC2)cc1.I. The van der Waals surface area contributed by atoms with Gasteiger partial charge in [0.25, 0.3) is 0 Å². The van der Waals surface area contributed by atoms with Gasteiger partial charge in [0.15, 0.2) is 5.96 Å². The number of halogens is 1. The minimum atomic E-state index is -3.35. The third kappa shape index (κ3) is 5.47. The van der Waals surface area contributed by atoms with E-state index in [1.165, 1.54) is 4.31 Å². The summed E-state index contributed by atoms with van der Waals surface area (Å²) in [5, 5.41) is 2.88. The number of hydrogen-bond donors (Lipinski definition) is 2. The first-order chi connectivity index (χ1) is 10.5. The molecule has 3 N–H and O–H groups in total. The van der Waals surface area contributed by atoms with Crippen molar-refractivity contribution in [1.29, 1.82) is 0 Å². The minimum Gasteiger partial charge on any atom is -0.370 e. The average Bonchev–Trinajstić information content (AvgIpc) is 3.06. The lowest BCUT2D eigenvalue weighted by Gasteiger charge is -2.15. The van der Waals surface area contributed by atoms with E-state index in [2.05, 4.69) is 16.9 Å². The van der Waals surface area contributed by atoms with Gasteiger partial charge in [-0.15, -0.1) is 30.6 Å². The molecular weight excluding hydrogens is 427 g/mol. The summed E-state index contributed by atoms with van der Waals surface area (Å²) in [5.74, 6) is 0.341. The van der Waals surface area contributed by atoms with Crippen molar-refractivity contribution in [3.05, 3.63) is 42.5 Å². The largest absolute Gasteiger partial charge is 0.370 e. The topological polar surface area (TPSA) is 87.8 Å². The molecule has 23 heavy (non-hydrogen) atoms. The molecule has 0 aliphatic carbocycles. The van der Waals surface area contributed by atoms with Crippen molar-refractivity contribution in [2.24, 2.45) is 10.7 Å². The Hall–Kier alpha value is -1.13. The van der Waals surface area contributed by atoms with E-state index in [4.69, 9.17) is 5.73 Å². The van der Waals surface area contributed by atoms with Gasteiger partial charge in [-0.05, 0) is 30.5 Å². The maximum absolute atomic E-state index is 12.4. The van der Waals surface area contributed by atoms with E-state index in [0.29, 0.717) is 37.0 Å². The van der Waals surface area contributed by atoms with Gasteiger partial charge in [0.2, 0.25) is 10.0 Å². The fraction of sp³-hybridized carbons (Fsp3) is 0.400. The number of guanidine groups is 1. The summed E-state index contributed by atoms with van der Waals surface area (Å²) in [7, 11) is -3.35. The van der Waals surface area contributed by atoms with Crippen LogP contribution in [0.3, 0.4) is 0 Å². The van der Waals surface area contributed by atoms with Crippen LogP contribution in [0.1, 0.15) is 18.4 Å². The summed E-state index contributed by atoms with van der Waals surface area (Å²) in [6, 6.07) is 6.80. The van der Waals surface area contributed by atoms with Gasteiger partial charge < -0.3 is 11.1 Å². The molecule has 6 nitrogen and oxygen atoms in total. The molecule has 0 atom stereocenters. The molecule has 1 aliphatic rings. The molecule has 128 valence electrons. The molecule has 0 saturated carbocycles. The molecule has 1 heterocycles. The van der Waals surface area contributed by atoms with E-state index in [1.807, 2.05) is 0 Å². The normalized spacial score (nSPS) is 15.9. The molecule has 1 aromatic carbocycles. The van der Waals surface area contributed by atoms with Crippen molar-refractivity contribution in [1.82, 2.24) is 9.62 Å².